The summed E-state index contributed by atoms with van der Waals surface area (Å²) in [4.78, 5) is 0. The molecule has 2 aromatic carbocycles. The number of hydrogen-bond acceptors (Lipinski definition) is 4. The van der Waals surface area contributed by atoms with E-state index >= 15 is 0 Å². The molecule has 1 heterocycles. The van der Waals surface area contributed by atoms with Gasteiger partial charge in [0, 0.05) is 5.56 Å². The van der Waals surface area contributed by atoms with Crippen LogP contribution in [0.4, 0.5) is 14.5 Å². The highest BCUT2D eigenvalue weighted by atomic mass is 19.1. The Labute approximate surface area is 119 Å². The van der Waals surface area contributed by atoms with Crippen LogP contribution in [-0.4, -0.2) is 20.2 Å². The lowest BCUT2D eigenvalue weighted by Gasteiger charge is -2.07. The third-order valence-corrected chi connectivity index (χ3v) is 3.06. The van der Waals surface area contributed by atoms with Gasteiger partial charge in [0.05, 0.1) is 5.69 Å². The standard InChI is InChI=1S/C14H11F2N5/c1-8-2-5-13(11(16)6-8)21-14(18-19-20-21)9-3-4-10(15)12(17)7-9/h2-7H,17H2,1H3. The van der Waals surface area contributed by atoms with E-state index in [-0.39, 0.29) is 17.2 Å². The zero-order valence-electron chi connectivity index (χ0n) is 11.1. The summed E-state index contributed by atoms with van der Waals surface area (Å²) in [6, 6.07) is 8.83. The Hall–Kier alpha value is -2.83. The molecule has 2 N–H and O–H groups in total. The minimum atomic E-state index is -0.528. The van der Waals surface area contributed by atoms with E-state index in [4.69, 9.17) is 5.73 Å². The van der Waals surface area contributed by atoms with Crippen LogP contribution in [0.25, 0.3) is 17.1 Å². The molecule has 0 saturated carbocycles. The zero-order chi connectivity index (χ0) is 15.0. The average molecular weight is 287 g/mol. The fourth-order valence-corrected chi connectivity index (χ4v) is 2.00. The van der Waals surface area contributed by atoms with Crippen molar-refractivity contribution in [3.05, 3.63) is 53.6 Å². The average Bonchev–Trinajstić information content (AvgIpc) is 2.91. The van der Waals surface area contributed by atoms with E-state index in [1.807, 2.05) is 0 Å². The Morgan fingerprint density at radius 3 is 2.57 bits per heavy atom. The molecule has 0 radical (unpaired) electrons. The number of aryl methyl sites for hydroxylation is 1. The van der Waals surface area contributed by atoms with Crippen LogP contribution in [0, 0.1) is 18.6 Å². The molecule has 0 amide bonds. The van der Waals surface area contributed by atoms with Crippen LogP contribution < -0.4 is 5.73 Å². The number of tetrazole rings is 1. The predicted octanol–water partition coefficient (Wildman–Crippen LogP) is 2.50. The van der Waals surface area contributed by atoms with Crippen molar-refractivity contribution in [1.82, 2.24) is 20.2 Å². The van der Waals surface area contributed by atoms with Gasteiger partial charge in [-0.1, -0.05) is 6.07 Å². The van der Waals surface area contributed by atoms with Crippen molar-refractivity contribution in [1.29, 1.82) is 0 Å². The van der Waals surface area contributed by atoms with Crippen LogP contribution in [0.2, 0.25) is 0 Å². The van der Waals surface area contributed by atoms with Gasteiger partial charge in [0.15, 0.2) is 5.82 Å². The van der Waals surface area contributed by atoms with Crippen LogP contribution in [0.15, 0.2) is 36.4 Å². The van der Waals surface area contributed by atoms with Crippen molar-refractivity contribution in [2.45, 2.75) is 6.92 Å². The molecule has 0 spiro atoms. The predicted molar refractivity (Wildman–Crippen MR) is 73.7 cm³/mol. The summed E-state index contributed by atoms with van der Waals surface area (Å²) in [5, 5.41) is 11.2. The Morgan fingerprint density at radius 2 is 1.86 bits per heavy atom. The van der Waals surface area contributed by atoms with Gasteiger partial charge in [-0.05, 0) is 53.2 Å². The summed E-state index contributed by atoms with van der Waals surface area (Å²) in [6.07, 6.45) is 0. The summed E-state index contributed by atoms with van der Waals surface area (Å²) in [5.41, 5.74) is 7.02. The maximum absolute atomic E-state index is 14.1. The van der Waals surface area contributed by atoms with E-state index in [0.717, 1.165) is 5.56 Å². The molecule has 3 rings (SSSR count). The zero-order valence-corrected chi connectivity index (χ0v) is 11.1. The molecule has 0 bridgehead atoms. The smallest absolute Gasteiger partial charge is 0.187 e. The van der Waals surface area contributed by atoms with Crippen molar-refractivity contribution in [3.63, 3.8) is 0 Å². The number of halogens is 2. The van der Waals surface area contributed by atoms with E-state index in [1.54, 1.807) is 19.1 Å². The lowest BCUT2D eigenvalue weighted by Crippen LogP contribution is -2.03. The van der Waals surface area contributed by atoms with Crippen molar-refractivity contribution in [2.75, 3.05) is 5.73 Å². The molecular weight excluding hydrogens is 276 g/mol. The highest BCUT2D eigenvalue weighted by Gasteiger charge is 2.15. The third-order valence-electron chi connectivity index (χ3n) is 3.06. The van der Waals surface area contributed by atoms with E-state index in [2.05, 4.69) is 15.5 Å². The van der Waals surface area contributed by atoms with Gasteiger partial charge in [-0.2, -0.15) is 4.68 Å². The van der Waals surface area contributed by atoms with Gasteiger partial charge in [0.2, 0.25) is 0 Å². The first-order valence-electron chi connectivity index (χ1n) is 6.16. The molecule has 0 aliphatic heterocycles. The first-order valence-corrected chi connectivity index (χ1v) is 6.16. The quantitative estimate of drug-likeness (QED) is 0.735. The van der Waals surface area contributed by atoms with Crippen LogP contribution >= 0.6 is 0 Å². The molecule has 1 aromatic heterocycles. The van der Waals surface area contributed by atoms with Gasteiger partial charge < -0.3 is 5.73 Å². The molecule has 21 heavy (non-hydrogen) atoms. The molecule has 5 nitrogen and oxygen atoms in total. The normalized spacial score (nSPS) is 10.8. The van der Waals surface area contributed by atoms with E-state index in [1.165, 1.54) is 28.9 Å². The van der Waals surface area contributed by atoms with E-state index < -0.39 is 11.6 Å². The summed E-state index contributed by atoms with van der Waals surface area (Å²) < 4.78 is 28.5. The highest BCUT2D eigenvalue weighted by Crippen LogP contribution is 2.24. The Kier molecular flexibility index (Phi) is 3.09. The lowest BCUT2D eigenvalue weighted by molar-refractivity contribution is 0.606. The molecular formula is C14H11F2N5. The summed E-state index contributed by atoms with van der Waals surface area (Å²) >= 11 is 0. The van der Waals surface area contributed by atoms with E-state index in [9.17, 15) is 8.78 Å². The maximum atomic E-state index is 14.1. The molecule has 0 fully saturated rings. The van der Waals surface area contributed by atoms with E-state index in [0.29, 0.717) is 5.56 Å². The number of aromatic nitrogens is 4. The number of anilines is 1. The molecule has 0 aliphatic rings. The van der Waals surface area contributed by atoms with Crippen LogP contribution in [0.5, 0.6) is 0 Å². The minimum absolute atomic E-state index is 0.0218. The molecule has 106 valence electrons. The molecule has 0 saturated heterocycles. The second-order valence-electron chi connectivity index (χ2n) is 4.61. The number of rotatable bonds is 2. The van der Waals surface area contributed by atoms with Crippen molar-refractivity contribution < 1.29 is 8.78 Å². The molecule has 3 aromatic rings. The maximum Gasteiger partial charge on any atom is 0.187 e. The van der Waals surface area contributed by atoms with Gasteiger partial charge in [0.1, 0.15) is 17.3 Å². The molecule has 7 heteroatoms. The van der Waals surface area contributed by atoms with Crippen molar-refractivity contribution in [3.8, 4) is 17.1 Å². The topological polar surface area (TPSA) is 69.6 Å². The number of nitrogens with zero attached hydrogens (tertiary/aromatic N) is 4. The lowest BCUT2D eigenvalue weighted by atomic mass is 10.1. The number of hydrogen-bond donors (Lipinski definition) is 1. The second kappa shape index (κ2) is 4.93. The fraction of sp³-hybridized carbons (Fsp3) is 0.0714. The third kappa shape index (κ3) is 2.33. The largest absolute Gasteiger partial charge is 0.396 e. The van der Waals surface area contributed by atoms with Gasteiger partial charge in [-0.25, -0.2) is 8.78 Å². The molecule has 0 unspecified atom stereocenters. The SMILES string of the molecule is Cc1ccc(-n2nnnc2-c2ccc(F)c(N)c2)c(F)c1. The summed E-state index contributed by atoms with van der Waals surface area (Å²) in [6.45, 7) is 1.79. The number of nitrogens with two attached hydrogens (primary N) is 1. The van der Waals surface area contributed by atoms with Gasteiger partial charge in [-0.3, -0.25) is 0 Å². The number of benzene rings is 2. The Balaban J connectivity index is 2.14. The summed E-state index contributed by atoms with van der Waals surface area (Å²) in [5.74, 6) is -0.692. The Morgan fingerprint density at radius 1 is 1.05 bits per heavy atom. The molecule has 0 aliphatic carbocycles. The first-order chi connectivity index (χ1) is 10.1. The van der Waals surface area contributed by atoms with Gasteiger partial charge in [-0.15, -0.1) is 5.10 Å². The van der Waals surface area contributed by atoms with Crippen LogP contribution in [0.1, 0.15) is 5.56 Å². The second-order valence-corrected chi connectivity index (χ2v) is 4.61. The van der Waals surface area contributed by atoms with Crippen molar-refractivity contribution in [2.24, 2.45) is 0 Å². The first kappa shape index (κ1) is 13.2. The Bertz CT molecular complexity index is 813. The summed E-state index contributed by atoms with van der Waals surface area (Å²) in [7, 11) is 0. The van der Waals surface area contributed by atoms with Crippen LogP contribution in [-0.2, 0) is 0 Å². The minimum Gasteiger partial charge on any atom is -0.396 e. The van der Waals surface area contributed by atoms with Crippen molar-refractivity contribution >= 4 is 5.69 Å². The van der Waals surface area contributed by atoms with Gasteiger partial charge in [0.25, 0.3) is 0 Å². The van der Waals surface area contributed by atoms with Gasteiger partial charge >= 0.3 is 0 Å². The van der Waals surface area contributed by atoms with Crippen LogP contribution in [0.3, 0.4) is 0 Å². The molecule has 0 atom stereocenters. The highest BCUT2D eigenvalue weighted by molar-refractivity contribution is 5.63. The number of nitrogen functional groups attached to an aromatic ring is 1. The monoisotopic (exact) mass is 287 g/mol. The fourth-order valence-electron chi connectivity index (χ4n) is 2.00.